The van der Waals surface area contributed by atoms with Crippen LogP contribution in [-0.2, 0) is 16.1 Å². The van der Waals surface area contributed by atoms with Gasteiger partial charge in [0.05, 0.1) is 10.7 Å². The number of hydrogen-bond donors (Lipinski definition) is 1. The number of aromatic nitrogens is 1. The van der Waals surface area contributed by atoms with E-state index in [2.05, 4.69) is 15.2 Å². The fraction of sp³-hybridized carbons (Fsp3) is 0.688. The summed E-state index contributed by atoms with van der Waals surface area (Å²) in [5.74, 6) is -1.04. The Balaban J connectivity index is 1.70. The number of nitrogens with one attached hydrogen (secondary N) is 1. The number of thiazole rings is 1. The number of piperazine rings is 1. The predicted octanol–water partition coefficient (Wildman–Crippen LogP) is 1.70. The van der Waals surface area contributed by atoms with Crippen molar-refractivity contribution in [3.05, 3.63) is 16.1 Å². The molecule has 0 unspecified atom stereocenters. The molecule has 1 aromatic rings. The molecule has 2 saturated heterocycles. The van der Waals surface area contributed by atoms with Gasteiger partial charge in [0.1, 0.15) is 12.0 Å². The van der Waals surface area contributed by atoms with Crippen LogP contribution in [0, 0.1) is 6.92 Å². The van der Waals surface area contributed by atoms with Crippen molar-refractivity contribution in [1.82, 2.24) is 20.1 Å². The molecule has 0 aromatic carbocycles. The van der Waals surface area contributed by atoms with Crippen LogP contribution in [0.15, 0.2) is 5.38 Å². The number of carbonyl (C=O) groups excluding carboxylic acids is 2. The molecule has 2 aliphatic rings. The van der Waals surface area contributed by atoms with Gasteiger partial charge in [-0.25, -0.2) is 4.98 Å². The molecule has 10 heteroatoms. The van der Waals surface area contributed by atoms with Crippen molar-refractivity contribution in [2.24, 2.45) is 0 Å². The van der Waals surface area contributed by atoms with Crippen molar-refractivity contribution in [2.75, 3.05) is 26.2 Å². The smallest absolute Gasteiger partial charge is 0.353 e. The lowest BCUT2D eigenvalue weighted by atomic mass is 9.83. The van der Waals surface area contributed by atoms with Gasteiger partial charge in [0, 0.05) is 38.1 Å². The van der Waals surface area contributed by atoms with Gasteiger partial charge in [-0.15, -0.1) is 11.3 Å². The van der Waals surface area contributed by atoms with Crippen LogP contribution in [0.3, 0.4) is 0 Å². The van der Waals surface area contributed by atoms with Crippen molar-refractivity contribution < 1.29 is 22.8 Å². The molecule has 1 N–H and O–H groups in total. The first-order chi connectivity index (χ1) is 12.2. The zero-order chi connectivity index (χ0) is 18.9. The minimum atomic E-state index is -4.51. The highest BCUT2D eigenvalue weighted by molar-refractivity contribution is 7.09. The summed E-state index contributed by atoms with van der Waals surface area (Å²) in [5.41, 5.74) is 0.0993. The largest absolute Gasteiger partial charge is 0.397 e. The van der Waals surface area contributed by atoms with Crippen molar-refractivity contribution in [3.8, 4) is 0 Å². The molecular formula is C16H21F3N4O2S. The maximum atomic E-state index is 12.6. The second-order valence-corrected chi connectivity index (χ2v) is 7.80. The van der Waals surface area contributed by atoms with Crippen LogP contribution in [-0.4, -0.2) is 64.5 Å². The van der Waals surface area contributed by atoms with E-state index in [1.165, 1.54) is 4.90 Å². The quantitative estimate of drug-likeness (QED) is 0.853. The number of hydrogen-bond acceptors (Lipinski definition) is 5. The number of likely N-dealkylation sites (tertiary alicyclic amines) is 1. The lowest BCUT2D eigenvalue weighted by Crippen LogP contribution is -2.68. The molecule has 0 radical (unpaired) electrons. The average Bonchev–Trinajstić information content (AvgIpc) is 2.96. The summed E-state index contributed by atoms with van der Waals surface area (Å²) in [6.45, 7) is 3.91. The second kappa shape index (κ2) is 7.15. The molecule has 3 rings (SSSR count). The Morgan fingerprint density at radius 2 is 2.04 bits per heavy atom. The molecule has 2 aliphatic heterocycles. The number of piperidine rings is 1. The molecule has 0 bridgehead atoms. The summed E-state index contributed by atoms with van der Waals surface area (Å²) < 4.78 is 37.4. The van der Waals surface area contributed by atoms with Gasteiger partial charge >= 0.3 is 6.18 Å². The monoisotopic (exact) mass is 390 g/mol. The third-order valence-electron chi connectivity index (χ3n) is 5.01. The molecule has 2 amide bonds. The first-order valence-corrected chi connectivity index (χ1v) is 9.36. The topological polar surface area (TPSA) is 65.5 Å². The number of rotatable bonds is 3. The Morgan fingerprint density at radius 1 is 1.35 bits per heavy atom. The van der Waals surface area contributed by atoms with E-state index in [1.54, 1.807) is 11.3 Å². The zero-order valence-corrected chi connectivity index (χ0v) is 15.3. The van der Waals surface area contributed by atoms with Gasteiger partial charge in [0.2, 0.25) is 11.8 Å². The molecule has 0 saturated carbocycles. The Labute approximate surface area is 153 Å². The minimum absolute atomic E-state index is 0.112. The SMILES string of the molecule is Cc1nc(CN2CCNC(=O)C23CCN(C(=O)CC(F)(F)F)CC3)cs1. The normalized spacial score (nSPS) is 21.1. The summed E-state index contributed by atoms with van der Waals surface area (Å²) in [4.78, 5) is 32.2. The molecular weight excluding hydrogens is 369 g/mol. The molecule has 0 atom stereocenters. The van der Waals surface area contributed by atoms with Crippen molar-refractivity contribution in [1.29, 1.82) is 0 Å². The van der Waals surface area contributed by atoms with Crippen LogP contribution in [0.5, 0.6) is 0 Å². The van der Waals surface area contributed by atoms with Gasteiger partial charge in [-0.1, -0.05) is 0 Å². The fourth-order valence-corrected chi connectivity index (χ4v) is 4.29. The number of carbonyl (C=O) groups is 2. The van der Waals surface area contributed by atoms with E-state index in [1.807, 2.05) is 12.3 Å². The van der Waals surface area contributed by atoms with Gasteiger partial charge < -0.3 is 10.2 Å². The van der Waals surface area contributed by atoms with E-state index in [9.17, 15) is 22.8 Å². The molecule has 3 heterocycles. The van der Waals surface area contributed by atoms with Crippen LogP contribution in [0.25, 0.3) is 0 Å². The van der Waals surface area contributed by atoms with E-state index in [0.717, 1.165) is 10.7 Å². The number of nitrogens with zero attached hydrogens (tertiary/aromatic N) is 3. The number of alkyl halides is 3. The van der Waals surface area contributed by atoms with Gasteiger partial charge in [-0.2, -0.15) is 13.2 Å². The van der Waals surface area contributed by atoms with Gasteiger partial charge in [-0.3, -0.25) is 14.5 Å². The highest BCUT2D eigenvalue weighted by Crippen LogP contribution is 2.33. The Kier molecular flexibility index (Phi) is 5.25. The molecule has 26 heavy (non-hydrogen) atoms. The van der Waals surface area contributed by atoms with Crippen LogP contribution in [0.4, 0.5) is 13.2 Å². The highest BCUT2D eigenvalue weighted by Gasteiger charge is 2.49. The van der Waals surface area contributed by atoms with E-state index >= 15 is 0 Å². The van der Waals surface area contributed by atoms with Gasteiger partial charge in [0.25, 0.3) is 0 Å². The third kappa shape index (κ3) is 4.01. The lowest BCUT2D eigenvalue weighted by molar-refractivity contribution is -0.165. The number of amides is 2. The van der Waals surface area contributed by atoms with E-state index in [4.69, 9.17) is 0 Å². The van der Waals surface area contributed by atoms with E-state index in [0.29, 0.717) is 32.5 Å². The summed E-state index contributed by atoms with van der Waals surface area (Å²) in [6.07, 6.45) is -5.31. The Bertz CT molecular complexity index is 683. The molecule has 6 nitrogen and oxygen atoms in total. The first-order valence-electron chi connectivity index (χ1n) is 8.48. The maximum absolute atomic E-state index is 12.6. The standard InChI is InChI=1S/C16H21F3N4O2S/c1-11-21-12(10-26-11)9-23-7-4-20-14(25)15(23)2-5-22(6-3-15)13(24)8-16(17,18)19/h10H,2-9H2,1H3,(H,20,25). The van der Waals surface area contributed by atoms with E-state index in [-0.39, 0.29) is 19.0 Å². The van der Waals surface area contributed by atoms with Crippen molar-refractivity contribution >= 4 is 23.2 Å². The molecule has 144 valence electrons. The summed E-state index contributed by atoms with van der Waals surface area (Å²) in [5, 5.41) is 5.77. The lowest BCUT2D eigenvalue weighted by Gasteiger charge is -2.49. The summed E-state index contributed by atoms with van der Waals surface area (Å²) in [6, 6.07) is 0. The number of aryl methyl sites for hydroxylation is 1. The second-order valence-electron chi connectivity index (χ2n) is 6.74. The Hall–Kier alpha value is -1.68. The predicted molar refractivity (Wildman–Crippen MR) is 89.5 cm³/mol. The van der Waals surface area contributed by atoms with Crippen molar-refractivity contribution in [3.63, 3.8) is 0 Å². The maximum Gasteiger partial charge on any atom is 0.397 e. The fourth-order valence-electron chi connectivity index (χ4n) is 3.69. The first kappa shape index (κ1) is 19.1. The molecule has 1 aromatic heterocycles. The highest BCUT2D eigenvalue weighted by atomic mass is 32.1. The molecule has 1 spiro atoms. The van der Waals surface area contributed by atoms with E-state index < -0.39 is 24.0 Å². The van der Waals surface area contributed by atoms with Crippen LogP contribution >= 0.6 is 11.3 Å². The van der Waals surface area contributed by atoms with Crippen LogP contribution < -0.4 is 5.32 Å². The number of halogens is 3. The van der Waals surface area contributed by atoms with Crippen molar-refractivity contribution in [2.45, 2.75) is 44.4 Å². The van der Waals surface area contributed by atoms with Gasteiger partial charge in [-0.05, 0) is 19.8 Å². The third-order valence-corrected chi connectivity index (χ3v) is 5.83. The average molecular weight is 390 g/mol. The van der Waals surface area contributed by atoms with Crippen LogP contribution in [0.1, 0.15) is 30.0 Å². The summed E-state index contributed by atoms with van der Waals surface area (Å²) >= 11 is 1.54. The van der Waals surface area contributed by atoms with Crippen LogP contribution in [0.2, 0.25) is 0 Å². The van der Waals surface area contributed by atoms with Gasteiger partial charge in [0.15, 0.2) is 0 Å². The molecule has 2 fully saturated rings. The molecule has 0 aliphatic carbocycles. The minimum Gasteiger partial charge on any atom is -0.353 e. The summed E-state index contributed by atoms with van der Waals surface area (Å²) in [7, 11) is 0. The zero-order valence-electron chi connectivity index (χ0n) is 14.4. The Morgan fingerprint density at radius 3 is 2.62 bits per heavy atom.